The summed E-state index contributed by atoms with van der Waals surface area (Å²) in [5, 5.41) is 11.7. The van der Waals surface area contributed by atoms with Crippen LogP contribution in [0.5, 0.6) is 0 Å². The van der Waals surface area contributed by atoms with Gasteiger partial charge in [0.2, 0.25) is 5.91 Å². The Hall–Kier alpha value is -1.84. The van der Waals surface area contributed by atoms with Crippen LogP contribution in [0.15, 0.2) is 24.3 Å². The predicted octanol–water partition coefficient (Wildman–Crippen LogP) is 2.69. The van der Waals surface area contributed by atoms with Crippen LogP contribution in [0.3, 0.4) is 0 Å². The number of benzene rings is 1. The molecule has 0 aliphatic rings. The number of carboxylic acids is 1. The van der Waals surface area contributed by atoms with E-state index in [4.69, 9.17) is 5.11 Å². The van der Waals surface area contributed by atoms with E-state index in [1.807, 2.05) is 31.2 Å². The summed E-state index contributed by atoms with van der Waals surface area (Å²) in [6.45, 7) is 3.78. The third-order valence-electron chi connectivity index (χ3n) is 2.95. The monoisotopic (exact) mass is 249 g/mol. The molecule has 0 aromatic heterocycles. The van der Waals surface area contributed by atoms with Crippen molar-refractivity contribution in [2.45, 2.75) is 33.1 Å². The maximum atomic E-state index is 11.8. The van der Waals surface area contributed by atoms with Gasteiger partial charge >= 0.3 is 5.97 Å². The van der Waals surface area contributed by atoms with Gasteiger partial charge in [0.25, 0.3) is 0 Å². The highest BCUT2D eigenvalue weighted by Gasteiger charge is 2.19. The van der Waals surface area contributed by atoms with Crippen molar-refractivity contribution < 1.29 is 14.7 Å². The van der Waals surface area contributed by atoms with Gasteiger partial charge in [0, 0.05) is 12.1 Å². The second-order valence-electron chi connectivity index (χ2n) is 4.21. The Morgan fingerprint density at radius 3 is 2.50 bits per heavy atom. The molecule has 0 spiro atoms. The molecule has 1 amide bonds. The fourth-order valence-corrected chi connectivity index (χ4v) is 1.78. The van der Waals surface area contributed by atoms with Crippen LogP contribution >= 0.6 is 0 Å². The van der Waals surface area contributed by atoms with Crippen molar-refractivity contribution in [2.75, 3.05) is 5.32 Å². The fourth-order valence-electron chi connectivity index (χ4n) is 1.78. The smallest absolute Gasteiger partial charge is 0.307 e. The lowest BCUT2D eigenvalue weighted by atomic mass is 10.0. The molecule has 1 aromatic rings. The second-order valence-corrected chi connectivity index (χ2v) is 4.21. The Bertz CT molecular complexity index is 429. The lowest BCUT2D eigenvalue weighted by Crippen LogP contribution is -2.22. The van der Waals surface area contributed by atoms with Gasteiger partial charge < -0.3 is 10.4 Å². The van der Waals surface area contributed by atoms with Crippen molar-refractivity contribution >= 4 is 17.6 Å². The zero-order chi connectivity index (χ0) is 13.5. The zero-order valence-corrected chi connectivity index (χ0v) is 10.8. The molecular weight excluding hydrogens is 230 g/mol. The molecule has 0 aliphatic carbocycles. The molecule has 1 rings (SSSR count). The highest BCUT2D eigenvalue weighted by molar-refractivity contribution is 5.93. The average Bonchev–Trinajstić information content (AvgIpc) is 2.36. The van der Waals surface area contributed by atoms with Gasteiger partial charge in [0.05, 0.1) is 5.92 Å². The Labute approximate surface area is 107 Å². The number of nitrogens with one attached hydrogen (secondary N) is 1. The van der Waals surface area contributed by atoms with Crippen LogP contribution in [0.1, 0.15) is 32.3 Å². The highest BCUT2D eigenvalue weighted by Crippen LogP contribution is 2.17. The van der Waals surface area contributed by atoms with Gasteiger partial charge in [-0.15, -0.1) is 0 Å². The van der Waals surface area contributed by atoms with Crippen LogP contribution in [0, 0.1) is 5.92 Å². The quantitative estimate of drug-likeness (QED) is 0.814. The van der Waals surface area contributed by atoms with Crippen LogP contribution in [0.25, 0.3) is 0 Å². The summed E-state index contributed by atoms with van der Waals surface area (Å²) in [7, 11) is 0. The van der Waals surface area contributed by atoms with E-state index in [1.54, 1.807) is 6.92 Å². The van der Waals surface area contributed by atoms with Crippen molar-refractivity contribution in [1.29, 1.82) is 0 Å². The maximum Gasteiger partial charge on any atom is 0.307 e. The number of carbonyl (C=O) groups excluding carboxylic acids is 1. The topological polar surface area (TPSA) is 66.4 Å². The second kappa shape index (κ2) is 6.79. The van der Waals surface area contributed by atoms with Crippen LogP contribution < -0.4 is 5.32 Å². The summed E-state index contributed by atoms with van der Waals surface area (Å²) in [4.78, 5) is 22.6. The SMILES string of the molecule is CCc1ccccc1NC(=O)CC(CC)C(=O)O. The summed E-state index contributed by atoms with van der Waals surface area (Å²) >= 11 is 0. The Morgan fingerprint density at radius 2 is 1.94 bits per heavy atom. The molecule has 1 aromatic carbocycles. The van der Waals surface area contributed by atoms with E-state index >= 15 is 0 Å². The minimum atomic E-state index is -0.920. The minimum absolute atomic E-state index is 0.0177. The van der Waals surface area contributed by atoms with Crippen molar-refractivity contribution in [3.63, 3.8) is 0 Å². The van der Waals surface area contributed by atoms with Crippen LogP contribution in [0.4, 0.5) is 5.69 Å². The fraction of sp³-hybridized carbons (Fsp3) is 0.429. The number of aryl methyl sites for hydroxylation is 1. The van der Waals surface area contributed by atoms with E-state index in [-0.39, 0.29) is 12.3 Å². The molecule has 1 atom stereocenters. The number of hydrogen-bond acceptors (Lipinski definition) is 2. The van der Waals surface area contributed by atoms with Gasteiger partial charge in [-0.05, 0) is 24.5 Å². The van der Waals surface area contributed by atoms with Gasteiger partial charge in [0.1, 0.15) is 0 Å². The van der Waals surface area contributed by atoms with Gasteiger partial charge in [-0.2, -0.15) is 0 Å². The van der Waals surface area contributed by atoms with Crippen molar-refractivity contribution in [2.24, 2.45) is 5.92 Å². The summed E-state index contributed by atoms with van der Waals surface area (Å²) in [6, 6.07) is 7.55. The standard InChI is InChI=1S/C14H19NO3/c1-3-10-7-5-6-8-12(10)15-13(16)9-11(4-2)14(17)18/h5-8,11H,3-4,9H2,1-2H3,(H,15,16)(H,17,18). The zero-order valence-electron chi connectivity index (χ0n) is 10.8. The number of rotatable bonds is 6. The summed E-state index contributed by atoms with van der Waals surface area (Å²) in [6.07, 6.45) is 1.30. The number of para-hydroxylation sites is 1. The largest absolute Gasteiger partial charge is 0.481 e. The van der Waals surface area contributed by atoms with Crippen molar-refractivity contribution in [1.82, 2.24) is 0 Å². The molecule has 0 bridgehead atoms. The first kappa shape index (κ1) is 14.2. The molecule has 0 fully saturated rings. The number of amides is 1. The Kier molecular flexibility index (Phi) is 5.36. The van der Waals surface area contributed by atoms with E-state index in [1.165, 1.54) is 0 Å². The van der Waals surface area contributed by atoms with Crippen LogP contribution in [-0.4, -0.2) is 17.0 Å². The van der Waals surface area contributed by atoms with E-state index < -0.39 is 11.9 Å². The highest BCUT2D eigenvalue weighted by atomic mass is 16.4. The Balaban J connectivity index is 2.67. The minimum Gasteiger partial charge on any atom is -0.481 e. The molecule has 0 aliphatic heterocycles. The van der Waals surface area contributed by atoms with Gasteiger partial charge in [0.15, 0.2) is 0 Å². The Morgan fingerprint density at radius 1 is 1.28 bits per heavy atom. The third kappa shape index (κ3) is 3.87. The number of aliphatic carboxylic acids is 1. The normalized spacial score (nSPS) is 11.9. The predicted molar refractivity (Wildman–Crippen MR) is 70.5 cm³/mol. The third-order valence-corrected chi connectivity index (χ3v) is 2.95. The van der Waals surface area contributed by atoms with Crippen molar-refractivity contribution in [3.8, 4) is 0 Å². The summed E-state index contributed by atoms with van der Waals surface area (Å²) in [5.74, 6) is -1.78. The van der Waals surface area contributed by atoms with Gasteiger partial charge in [-0.25, -0.2) is 0 Å². The number of carboxylic acid groups (broad SMARTS) is 1. The average molecular weight is 249 g/mol. The molecule has 0 heterocycles. The van der Waals surface area contributed by atoms with E-state index in [0.717, 1.165) is 17.7 Å². The first-order chi connectivity index (χ1) is 8.58. The summed E-state index contributed by atoms with van der Waals surface area (Å²) < 4.78 is 0. The number of anilines is 1. The molecule has 0 radical (unpaired) electrons. The van der Waals surface area contributed by atoms with Crippen molar-refractivity contribution in [3.05, 3.63) is 29.8 Å². The lowest BCUT2D eigenvalue weighted by Gasteiger charge is -2.12. The maximum absolute atomic E-state index is 11.8. The summed E-state index contributed by atoms with van der Waals surface area (Å²) in [5.41, 5.74) is 1.82. The van der Waals surface area contributed by atoms with Gasteiger partial charge in [-0.3, -0.25) is 9.59 Å². The molecule has 98 valence electrons. The molecule has 1 unspecified atom stereocenters. The van der Waals surface area contributed by atoms with Crippen LogP contribution in [-0.2, 0) is 16.0 Å². The molecule has 4 nitrogen and oxygen atoms in total. The van der Waals surface area contributed by atoms with E-state index in [2.05, 4.69) is 5.32 Å². The number of hydrogen-bond donors (Lipinski definition) is 2. The van der Waals surface area contributed by atoms with E-state index in [9.17, 15) is 9.59 Å². The molecule has 4 heteroatoms. The van der Waals surface area contributed by atoms with Crippen LogP contribution in [0.2, 0.25) is 0 Å². The molecule has 18 heavy (non-hydrogen) atoms. The molecule has 2 N–H and O–H groups in total. The first-order valence-electron chi connectivity index (χ1n) is 6.19. The number of carbonyl (C=O) groups is 2. The first-order valence-corrected chi connectivity index (χ1v) is 6.19. The molecule has 0 saturated carbocycles. The van der Waals surface area contributed by atoms with Gasteiger partial charge in [-0.1, -0.05) is 32.0 Å². The lowest BCUT2D eigenvalue weighted by molar-refractivity contribution is -0.143. The molecular formula is C14H19NO3. The molecule has 0 saturated heterocycles. The van der Waals surface area contributed by atoms with E-state index in [0.29, 0.717) is 6.42 Å².